The molecule has 2 saturated heterocycles. The number of hydrogen-bond acceptors (Lipinski definition) is 4. The Morgan fingerprint density at radius 3 is 2.50 bits per heavy atom. The molecule has 0 radical (unpaired) electrons. The van der Waals surface area contributed by atoms with E-state index in [1.165, 1.54) is 11.1 Å². The van der Waals surface area contributed by atoms with Gasteiger partial charge >= 0.3 is 0 Å². The van der Waals surface area contributed by atoms with Crippen molar-refractivity contribution >= 4 is 5.91 Å². The molecule has 0 saturated carbocycles. The molecule has 2 aliphatic heterocycles. The number of ether oxygens (including phenoxy) is 2. The Morgan fingerprint density at radius 1 is 1.00 bits per heavy atom. The molecule has 1 atom stereocenters. The van der Waals surface area contributed by atoms with Crippen LogP contribution in [0.15, 0.2) is 54.6 Å². The Labute approximate surface area is 166 Å². The third-order valence-electron chi connectivity index (χ3n) is 5.71. The second-order valence-corrected chi connectivity index (χ2v) is 8.02. The predicted molar refractivity (Wildman–Crippen MR) is 108 cm³/mol. The lowest BCUT2D eigenvalue weighted by Gasteiger charge is -2.31. The minimum absolute atomic E-state index is 0.116. The first kappa shape index (κ1) is 19.0. The number of carbonyl (C=O) groups is 1. The van der Waals surface area contributed by atoms with Crippen LogP contribution in [0, 0.1) is 5.41 Å². The third kappa shape index (κ3) is 4.37. The molecule has 2 aromatic carbocycles. The first-order valence-corrected chi connectivity index (χ1v) is 9.91. The van der Waals surface area contributed by atoms with E-state index in [0.717, 1.165) is 31.9 Å². The summed E-state index contributed by atoms with van der Waals surface area (Å²) in [7, 11) is 1.68. The van der Waals surface area contributed by atoms with Gasteiger partial charge < -0.3 is 14.4 Å². The summed E-state index contributed by atoms with van der Waals surface area (Å²) < 4.78 is 11.2. The summed E-state index contributed by atoms with van der Waals surface area (Å²) in [6.45, 7) is 5.45. The number of carbonyl (C=O) groups excluding carboxylic acids is 1. The second-order valence-electron chi connectivity index (χ2n) is 8.02. The second kappa shape index (κ2) is 8.33. The SMILES string of the molecule is COc1ccc(CN2CCOCC3(CC(=O)N(Cc4ccccc4)C3)C2)cc1. The van der Waals surface area contributed by atoms with Crippen molar-refractivity contribution in [1.82, 2.24) is 9.80 Å². The molecular formula is C23H28N2O3. The van der Waals surface area contributed by atoms with Crippen molar-refractivity contribution in [2.45, 2.75) is 19.5 Å². The molecule has 0 aromatic heterocycles. The summed E-state index contributed by atoms with van der Waals surface area (Å²) in [5.74, 6) is 1.11. The average Bonchev–Trinajstić information content (AvgIpc) is 2.88. The summed E-state index contributed by atoms with van der Waals surface area (Å²) in [5, 5.41) is 0. The molecule has 0 N–H and O–H groups in total. The molecule has 28 heavy (non-hydrogen) atoms. The van der Waals surface area contributed by atoms with E-state index in [4.69, 9.17) is 9.47 Å². The maximum atomic E-state index is 12.7. The Morgan fingerprint density at radius 2 is 1.75 bits per heavy atom. The number of benzene rings is 2. The van der Waals surface area contributed by atoms with Gasteiger partial charge in [-0.15, -0.1) is 0 Å². The summed E-state index contributed by atoms with van der Waals surface area (Å²) in [4.78, 5) is 17.2. The molecule has 0 aliphatic carbocycles. The normalized spacial score (nSPS) is 23.2. The molecule has 0 bridgehead atoms. The van der Waals surface area contributed by atoms with E-state index in [-0.39, 0.29) is 11.3 Å². The van der Waals surface area contributed by atoms with Crippen molar-refractivity contribution in [2.24, 2.45) is 5.41 Å². The molecule has 5 nitrogen and oxygen atoms in total. The van der Waals surface area contributed by atoms with Gasteiger partial charge in [-0.2, -0.15) is 0 Å². The highest BCUT2D eigenvalue weighted by atomic mass is 16.5. The summed E-state index contributed by atoms with van der Waals surface area (Å²) >= 11 is 0. The van der Waals surface area contributed by atoms with E-state index in [1.54, 1.807) is 7.11 Å². The minimum Gasteiger partial charge on any atom is -0.497 e. The van der Waals surface area contributed by atoms with Crippen LogP contribution in [0.1, 0.15) is 17.5 Å². The van der Waals surface area contributed by atoms with Crippen molar-refractivity contribution in [3.8, 4) is 5.75 Å². The van der Waals surface area contributed by atoms with E-state index < -0.39 is 0 Å². The number of rotatable bonds is 5. The van der Waals surface area contributed by atoms with Gasteiger partial charge in [0.05, 0.1) is 20.3 Å². The molecule has 4 rings (SSSR count). The number of nitrogens with zero attached hydrogens (tertiary/aromatic N) is 2. The smallest absolute Gasteiger partial charge is 0.223 e. The Hall–Kier alpha value is -2.37. The highest BCUT2D eigenvalue weighted by molar-refractivity contribution is 5.79. The predicted octanol–water partition coefficient (Wildman–Crippen LogP) is 2.95. The van der Waals surface area contributed by atoms with Gasteiger partial charge in [0, 0.05) is 44.6 Å². The summed E-state index contributed by atoms with van der Waals surface area (Å²) in [6.07, 6.45) is 0.568. The summed E-state index contributed by atoms with van der Waals surface area (Å²) in [6, 6.07) is 18.4. The highest BCUT2D eigenvalue weighted by Gasteiger charge is 2.45. The monoisotopic (exact) mass is 380 g/mol. The largest absolute Gasteiger partial charge is 0.497 e. The van der Waals surface area contributed by atoms with Crippen LogP contribution in [0.5, 0.6) is 5.75 Å². The van der Waals surface area contributed by atoms with Gasteiger partial charge in [0.15, 0.2) is 0 Å². The fourth-order valence-corrected chi connectivity index (χ4v) is 4.34. The lowest BCUT2D eigenvalue weighted by molar-refractivity contribution is -0.128. The minimum atomic E-state index is -0.116. The molecule has 2 aliphatic rings. The topological polar surface area (TPSA) is 42.0 Å². The van der Waals surface area contributed by atoms with Crippen LogP contribution in [-0.4, -0.2) is 55.7 Å². The number of methoxy groups -OCH3 is 1. The molecule has 148 valence electrons. The zero-order valence-corrected chi connectivity index (χ0v) is 16.5. The van der Waals surface area contributed by atoms with Crippen molar-refractivity contribution in [1.29, 1.82) is 0 Å². The van der Waals surface area contributed by atoms with Gasteiger partial charge in [-0.05, 0) is 23.3 Å². The van der Waals surface area contributed by atoms with Crippen molar-refractivity contribution in [3.63, 3.8) is 0 Å². The van der Waals surface area contributed by atoms with Crippen molar-refractivity contribution in [2.75, 3.05) is 40.0 Å². The Kier molecular flexibility index (Phi) is 5.64. The lowest BCUT2D eigenvalue weighted by Crippen LogP contribution is -2.40. The van der Waals surface area contributed by atoms with Gasteiger partial charge in [0.2, 0.25) is 5.91 Å². The first-order valence-electron chi connectivity index (χ1n) is 9.91. The van der Waals surface area contributed by atoms with Crippen LogP contribution >= 0.6 is 0 Å². The van der Waals surface area contributed by atoms with Gasteiger partial charge in [0.25, 0.3) is 0 Å². The molecule has 2 aromatic rings. The first-order chi connectivity index (χ1) is 13.7. The quantitative estimate of drug-likeness (QED) is 0.800. The standard InChI is InChI=1S/C23H28N2O3/c1-27-21-9-7-20(8-10-21)14-24-11-12-28-18-23(16-24)13-22(26)25(17-23)15-19-5-3-2-4-6-19/h2-10H,11-18H2,1H3. The van der Waals surface area contributed by atoms with E-state index >= 15 is 0 Å². The Balaban J connectivity index is 1.43. The highest BCUT2D eigenvalue weighted by Crippen LogP contribution is 2.35. The van der Waals surface area contributed by atoms with Gasteiger partial charge in [-0.3, -0.25) is 9.69 Å². The molecule has 2 fully saturated rings. The number of amides is 1. The van der Waals surface area contributed by atoms with Crippen LogP contribution in [0.2, 0.25) is 0 Å². The molecule has 2 heterocycles. The molecule has 1 unspecified atom stereocenters. The van der Waals surface area contributed by atoms with Gasteiger partial charge in [0.1, 0.15) is 5.75 Å². The Bertz CT molecular complexity index is 793. The lowest BCUT2D eigenvalue weighted by atomic mass is 9.87. The molecule has 1 spiro atoms. The van der Waals surface area contributed by atoms with Crippen molar-refractivity contribution < 1.29 is 14.3 Å². The zero-order chi connectivity index (χ0) is 19.4. The van der Waals surface area contributed by atoms with Crippen LogP contribution in [0.4, 0.5) is 0 Å². The zero-order valence-electron chi connectivity index (χ0n) is 16.5. The van der Waals surface area contributed by atoms with Crippen molar-refractivity contribution in [3.05, 3.63) is 65.7 Å². The fraction of sp³-hybridized carbons (Fsp3) is 0.435. The maximum Gasteiger partial charge on any atom is 0.223 e. The van der Waals surface area contributed by atoms with E-state index in [9.17, 15) is 4.79 Å². The summed E-state index contributed by atoms with van der Waals surface area (Å²) in [5.41, 5.74) is 2.32. The number of hydrogen-bond donors (Lipinski definition) is 0. The van der Waals surface area contributed by atoms with Crippen LogP contribution < -0.4 is 4.74 Å². The van der Waals surface area contributed by atoms with Gasteiger partial charge in [-0.25, -0.2) is 0 Å². The van der Waals surface area contributed by atoms with Crippen LogP contribution in [0.25, 0.3) is 0 Å². The average molecular weight is 380 g/mol. The van der Waals surface area contributed by atoms with Gasteiger partial charge in [-0.1, -0.05) is 42.5 Å². The molecular weight excluding hydrogens is 352 g/mol. The number of likely N-dealkylation sites (tertiary alicyclic amines) is 1. The van der Waals surface area contributed by atoms with E-state index in [0.29, 0.717) is 26.2 Å². The van der Waals surface area contributed by atoms with Crippen LogP contribution in [0.3, 0.4) is 0 Å². The van der Waals surface area contributed by atoms with Crippen LogP contribution in [-0.2, 0) is 22.6 Å². The fourth-order valence-electron chi connectivity index (χ4n) is 4.34. The third-order valence-corrected chi connectivity index (χ3v) is 5.71. The van der Waals surface area contributed by atoms with E-state index in [2.05, 4.69) is 29.2 Å². The molecule has 1 amide bonds. The maximum absolute atomic E-state index is 12.7. The molecule has 5 heteroatoms. The van der Waals surface area contributed by atoms with E-state index in [1.807, 2.05) is 35.2 Å².